The molecule has 3 aromatic carbocycles. The summed E-state index contributed by atoms with van der Waals surface area (Å²) >= 11 is 1.64. The fraction of sp³-hybridized carbons (Fsp3) is 0.276. The Bertz CT molecular complexity index is 1220. The van der Waals surface area contributed by atoms with Gasteiger partial charge < -0.3 is 4.90 Å². The highest BCUT2D eigenvalue weighted by atomic mass is 32.1. The highest BCUT2D eigenvalue weighted by Gasteiger charge is 2.29. The maximum absolute atomic E-state index is 13.9. The van der Waals surface area contributed by atoms with Gasteiger partial charge in [0.2, 0.25) is 0 Å². The van der Waals surface area contributed by atoms with E-state index in [1.165, 1.54) is 46.0 Å². The molecule has 0 N–H and O–H groups in total. The van der Waals surface area contributed by atoms with Gasteiger partial charge in [0.15, 0.2) is 0 Å². The van der Waals surface area contributed by atoms with Crippen molar-refractivity contribution in [3.8, 4) is 11.1 Å². The number of carbonyl (C=O) groups excluding carboxylic acids is 1. The average molecular weight is 440 g/mol. The third-order valence-electron chi connectivity index (χ3n) is 6.70. The lowest BCUT2D eigenvalue weighted by atomic mass is 9.93. The third kappa shape index (κ3) is 4.22. The van der Waals surface area contributed by atoms with Gasteiger partial charge in [0.25, 0.3) is 5.91 Å². The maximum atomic E-state index is 13.9. The van der Waals surface area contributed by atoms with E-state index >= 15 is 0 Å². The van der Waals surface area contributed by atoms with Gasteiger partial charge in [-0.1, -0.05) is 86.0 Å². The number of thiophene rings is 1. The smallest absolute Gasteiger partial charge is 0.264 e. The summed E-state index contributed by atoms with van der Waals surface area (Å²) in [7, 11) is 0. The third-order valence-corrected chi connectivity index (χ3v) is 7.96. The maximum Gasteiger partial charge on any atom is 0.264 e. The number of benzene rings is 3. The van der Waals surface area contributed by atoms with Crippen LogP contribution in [0, 0.1) is 6.92 Å². The van der Waals surface area contributed by atoms with E-state index in [-0.39, 0.29) is 5.91 Å². The second-order valence-corrected chi connectivity index (χ2v) is 9.90. The van der Waals surface area contributed by atoms with E-state index in [9.17, 15) is 4.79 Å². The van der Waals surface area contributed by atoms with Crippen molar-refractivity contribution in [1.29, 1.82) is 0 Å². The van der Waals surface area contributed by atoms with Crippen LogP contribution < -0.4 is 0 Å². The summed E-state index contributed by atoms with van der Waals surface area (Å²) in [5.41, 5.74) is 4.74. The second-order valence-electron chi connectivity index (χ2n) is 8.84. The van der Waals surface area contributed by atoms with E-state index in [0.717, 1.165) is 23.3 Å². The van der Waals surface area contributed by atoms with Crippen molar-refractivity contribution in [1.82, 2.24) is 4.90 Å². The minimum atomic E-state index is 0.195. The Morgan fingerprint density at radius 1 is 0.875 bits per heavy atom. The molecular weight excluding hydrogens is 410 g/mol. The van der Waals surface area contributed by atoms with Crippen LogP contribution in [0.15, 0.2) is 78.9 Å². The van der Waals surface area contributed by atoms with Crippen molar-refractivity contribution in [3.05, 3.63) is 94.9 Å². The molecule has 0 atom stereocenters. The molecule has 0 bridgehead atoms. The molecule has 162 valence electrons. The van der Waals surface area contributed by atoms with Crippen LogP contribution in [0.4, 0.5) is 0 Å². The first-order chi connectivity index (χ1) is 15.7. The van der Waals surface area contributed by atoms with Crippen LogP contribution in [0.3, 0.4) is 0 Å². The molecule has 4 aromatic rings. The Kier molecular flexibility index (Phi) is 6.09. The second kappa shape index (κ2) is 9.30. The van der Waals surface area contributed by atoms with Crippen molar-refractivity contribution in [2.45, 2.75) is 51.6 Å². The van der Waals surface area contributed by atoms with E-state index in [2.05, 4.69) is 84.6 Å². The number of hydrogen-bond donors (Lipinski definition) is 0. The van der Waals surface area contributed by atoms with Gasteiger partial charge in [-0.3, -0.25) is 4.79 Å². The monoisotopic (exact) mass is 439 g/mol. The quantitative estimate of drug-likeness (QED) is 0.310. The van der Waals surface area contributed by atoms with Crippen LogP contribution in [-0.2, 0) is 6.54 Å². The number of nitrogens with zero attached hydrogens (tertiary/aromatic N) is 1. The minimum absolute atomic E-state index is 0.195. The lowest BCUT2D eigenvalue weighted by Gasteiger charge is -2.34. The predicted octanol–water partition coefficient (Wildman–Crippen LogP) is 7.85. The summed E-state index contributed by atoms with van der Waals surface area (Å²) in [6.45, 7) is 2.76. The SMILES string of the molecule is Cc1c(C(=O)N(Cc2cccc(-c3ccccc3)c2)C2CCCCC2)sc2ccccc12. The van der Waals surface area contributed by atoms with E-state index in [4.69, 9.17) is 0 Å². The van der Waals surface area contributed by atoms with Gasteiger partial charge in [-0.05, 0) is 59.5 Å². The lowest BCUT2D eigenvalue weighted by Crippen LogP contribution is -2.40. The van der Waals surface area contributed by atoms with E-state index in [1.807, 2.05) is 6.07 Å². The Morgan fingerprint density at radius 2 is 1.59 bits per heavy atom. The fourth-order valence-corrected chi connectivity index (χ4v) is 6.11. The molecule has 1 amide bonds. The zero-order valence-corrected chi connectivity index (χ0v) is 19.4. The number of hydrogen-bond acceptors (Lipinski definition) is 2. The average Bonchev–Trinajstić information content (AvgIpc) is 3.20. The highest BCUT2D eigenvalue weighted by Crippen LogP contribution is 2.34. The zero-order valence-electron chi connectivity index (χ0n) is 18.6. The summed E-state index contributed by atoms with van der Waals surface area (Å²) in [5.74, 6) is 0.195. The molecule has 0 saturated heterocycles. The molecule has 0 radical (unpaired) electrons. The van der Waals surface area contributed by atoms with Crippen molar-refractivity contribution in [3.63, 3.8) is 0 Å². The molecule has 0 aliphatic heterocycles. The van der Waals surface area contributed by atoms with E-state index in [0.29, 0.717) is 12.6 Å². The minimum Gasteiger partial charge on any atom is -0.331 e. The Morgan fingerprint density at radius 3 is 2.38 bits per heavy atom. The van der Waals surface area contributed by atoms with Crippen LogP contribution >= 0.6 is 11.3 Å². The topological polar surface area (TPSA) is 20.3 Å². The Hall–Kier alpha value is -2.91. The van der Waals surface area contributed by atoms with E-state index < -0.39 is 0 Å². The van der Waals surface area contributed by atoms with Gasteiger partial charge in [-0.15, -0.1) is 11.3 Å². The Labute approximate surface area is 194 Å². The molecule has 1 fully saturated rings. The number of amides is 1. The van der Waals surface area contributed by atoms with Gasteiger partial charge in [-0.2, -0.15) is 0 Å². The number of rotatable bonds is 5. The van der Waals surface area contributed by atoms with Gasteiger partial charge in [0.05, 0.1) is 4.88 Å². The first kappa shape index (κ1) is 21.0. The largest absolute Gasteiger partial charge is 0.331 e. The molecule has 1 aliphatic carbocycles. The predicted molar refractivity (Wildman–Crippen MR) is 135 cm³/mol. The van der Waals surface area contributed by atoms with Crippen molar-refractivity contribution in [2.75, 3.05) is 0 Å². The molecule has 1 saturated carbocycles. The van der Waals surface area contributed by atoms with Gasteiger partial charge >= 0.3 is 0 Å². The molecule has 5 rings (SSSR count). The molecule has 3 heteroatoms. The summed E-state index contributed by atoms with van der Waals surface area (Å²) < 4.78 is 1.20. The molecule has 1 aromatic heterocycles. The first-order valence-electron chi connectivity index (χ1n) is 11.6. The van der Waals surface area contributed by atoms with Crippen molar-refractivity contribution >= 4 is 27.3 Å². The molecule has 0 unspecified atom stereocenters. The van der Waals surface area contributed by atoms with Gasteiger partial charge in [0.1, 0.15) is 0 Å². The molecular formula is C29H29NOS. The summed E-state index contributed by atoms with van der Waals surface area (Å²) in [5, 5.41) is 1.20. The van der Waals surface area contributed by atoms with Crippen LogP contribution in [0.1, 0.15) is 52.9 Å². The van der Waals surface area contributed by atoms with Crippen molar-refractivity contribution < 1.29 is 4.79 Å². The Balaban J connectivity index is 1.49. The molecule has 1 aliphatic rings. The standard InChI is InChI=1S/C29H29NOS/c1-21-26-17-8-9-18-27(26)32-28(21)29(31)30(25-15-6-3-7-16-25)20-22-11-10-14-24(19-22)23-12-4-2-5-13-23/h2,4-5,8-14,17-19,25H,3,6-7,15-16,20H2,1H3. The van der Waals surface area contributed by atoms with Gasteiger partial charge in [0, 0.05) is 17.3 Å². The lowest BCUT2D eigenvalue weighted by molar-refractivity contribution is 0.0619. The van der Waals surface area contributed by atoms with Crippen LogP contribution in [0.5, 0.6) is 0 Å². The van der Waals surface area contributed by atoms with Crippen LogP contribution in [0.25, 0.3) is 21.2 Å². The zero-order chi connectivity index (χ0) is 21.9. The number of fused-ring (bicyclic) bond motifs is 1. The van der Waals surface area contributed by atoms with E-state index in [1.54, 1.807) is 11.3 Å². The van der Waals surface area contributed by atoms with Crippen LogP contribution in [0.2, 0.25) is 0 Å². The summed E-state index contributed by atoms with van der Waals surface area (Å²) in [6.07, 6.45) is 5.92. The van der Waals surface area contributed by atoms with Crippen LogP contribution in [-0.4, -0.2) is 16.8 Å². The number of carbonyl (C=O) groups is 1. The first-order valence-corrected chi connectivity index (χ1v) is 12.5. The van der Waals surface area contributed by atoms with Crippen molar-refractivity contribution in [2.24, 2.45) is 0 Å². The molecule has 32 heavy (non-hydrogen) atoms. The molecule has 0 spiro atoms. The number of aryl methyl sites for hydroxylation is 1. The molecule has 1 heterocycles. The summed E-state index contributed by atoms with van der Waals surface area (Å²) in [6, 6.07) is 27.8. The van der Waals surface area contributed by atoms with Gasteiger partial charge in [-0.25, -0.2) is 0 Å². The summed E-state index contributed by atoms with van der Waals surface area (Å²) in [4.78, 5) is 17.0. The fourth-order valence-electron chi connectivity index (χ4n) is 4.94. The highest BCUT2D eigenvalue weighted by molar-refractivity contribution is 7.21. The molecule has 2 nitrogen and oxygen atoms in total. The normalized spacial score (nSPS) is 14.5.